The van der Waals surface area contributed by atoms with E-state index < -0.39 is 0 Å². The van der Waals surface area contributed by atoms with Gasteiger partial charge in [0.25, 0.3) is 0 Å². The summed E-state index contributed by atoms with van der Waals surface area (Å²) in [6.45, 7) is 0.124. The molecule has 0 bridgehead atoms. The molecule has 170 valence electrons. The molecule has 2 saturated carbocycles. The molecule has 7 nitrogen and oxygen atoms in total. The molecule has 2 atom stereocenters. The second-order valence-electron chi connectivity index (χ2n) is 8.83. The SMILES string of the molecule is CN(C(=O)OCc1cncnc1-c1ccc(OC2CCC[C@H](C=O)C2)cc1)C1CCCC1. The van der Waals surface area contributed by atoms with Gasteiger partial charge in [-0.15, -0.1) is 0 Å². The minimum Gasteiger partial charge on any atom is -0.490 e. The predicted molar refractivity (Wildman–Crippen MR) is 120 cm³/mol. The van der Waals surface area contributed by atoms with Gasteiger partial charge in [-0.2, -0.15) is 0 Å². The quantitative estimate of drug-likeness (QED) is 0.579. The third kappa shape index (κ3) is 5.44. The lowest BCUT2D eigenvalue weighted by Gasteiger charge is -2.26. The number of nitrogens with zero attached hydrogens (tertiary/aromatic N) is 3. The molecule has 1 amide bonds. The number of ether oxygens (including phenoxy) is 2. The van der Waals surface area contributed by atoms with Gasteiger partial charge in [0.1, 0.15) is 25.0 Å². The van der Waals surface area contributed by atoms with Crippen LogP contribution in [0.4, 0.5) is 4.79 Å². The predicted octanol–water partition coefficient (Wildman–Crippen LogP) is 4.79. The van der Waals surface area contributed by atoms with Crippen molar-refractivity contribution in [2.75, 3.05) is 7.05 Å². The lowest BCUT2D eigenvalue weighted by atomic mass is 9.88. The number of hydrogen-bond donors (Lipinski definition) is 0. The van der Waals surface area contributed by atoms with Crippen LogP contribution in [0.3, 0.4) is 0 Å². The van der Waals surface area contributed by atoms with E-state index in [-0.39, 0.29) is 30.8 Å². The molecule has 0 N–H and O–H groups in total. The van der Waals surface area contributed by atoms with Crippen LogP contribution in [0.15, 0.2) is 36.8 Å². The van der Waals surface area contributed by atoms with Crippen LogP contribution < -0.4 is 4.74 Å². The number of amides is 1. The second kappa shape index (κ2) is 10.6. The monoisotopic (exact) mass is 437 g/mol. The third-order valence-corrected chi connectivity index (χ3v) is 6.59. The van der Waals surface area contributed by atoms with Crippen LogP contribution in [0.25, 0.3) is 11.3 Å². The molecule has 4 rings (SSSR count). The van der Waals surface area contributed by atoms with Crippen molar-refractivity contribution in [3.8, 4) is 17.0 Å². The fraction of sp³-hybridized carbons (Fsp3) is 0.520. The average molecular weight is 438 g/mol. The Labute approximate surface area is 189 Å². The maximum absolute atomic E-state index is 12.5. The molecule has 0 saturated heterocycles. The molecule has 1 aromatic carbocycles. The van der Waals surface area contributed by atoms with Crippen LogP contribution in [0, 0.1) is 5.92 Å². The van der Waals surface area contributed by atoms with Gasteiger partial charge in [-0.05, 0) is 62.8 Å². The molecule has 2 aromatic rings. The molecule has 2 aliphatic rings. The van der Waals surface area contributed by atoms with E-state index in [4.69, 9.17) is 9.47 Å². The Bertz CT molecular complexity index is 912. The lowest BCUT2D eigenvalue weighted by Crippen LogP contribution is -2.35. The Hall–Kier alpha value is -2.96. The average Bonchev–Trinajstić information content (AvgIpc) is 3.38. The van der Waals surface area contributed by atoms with Crippen molar-refractivity contribution in [1.82, 2.24) is 14.9 Å². The van der Waals surface area contributed by atoms with E-state index in [1.54, 1.807) is 11.1 Å². The highest BCUT2D eigenvalue weighted by molar-refractivity contribution is 5.68. The van der Waals surface area contributed by atoms with Crippen molar-refractivity contribution >= 4 is 12.4 Å². The molecular weight excluding hydrogens is 406 g/mol. The maximum Gasteiger partial charge on any atom is 0.410 e. The smallest absolute Gasteiger partial charge is 0.410 e. The molecule has 0 spiro atoms. The number of aromatic nitrogens is 2. The number of rotatable bonds is 7. The van der Waals surface area contributed by atoms with Crippen LogP contribution >= 0.6 is 0 Å². The highest BCUT2D eigenvalue weighted by atomic mass is 16.6. The maximum atomic E-state index is 12.5. The van der Waals surface area contributed by atoms with E-state index in [1.807, 2.05) is 31.3 Å². The first-order valence-corrected chi connectivity index (χ1v) is 11.5. The zero-order chi connectivity index (χ0) is 22.3. The van der Waals surface area contributed by atoms with E-state index in [2.05, 4.69) is 9.97 Å². The molecule has 2 fully saturated rings. The largest absolute Gasteiger partial charge is 0.490 e. The molecule has 0 radical (unpaired) electrons. The van der Waals surface area contributed by atoms with Crippen molar-refractivity contribution in [3.05, 3.63) is 42.4 Å². The van der Waals surface area contributed by atoms with E-state index in [9.17, 15) is 9.59 Å². The first-order valence-electron chi connectivity index (χ1n) is 11.5. The first kappa shape index (κ1) is 22.2. The highest BCUT2D eigenvalue weighted by Crippen LogP contribution is 2.29. The van der Waals surface area contributed by atoms with Crippen LogP contribution in [-0.4, -0.2) is 46.4 Å². The Kier molecular flexibility index (Phi) is 7.35. The Morgan fingerprint density at radius 1 is 1.12 bits per heavy atom. The second-order valence-corrected chi connectivity index (χ2v) is 8.83. The number of carbonyl (C=O) groups is 2. The van der Waals surface area contributed by atoms with Gasteiger partial charge in [0.15, 0.2) is 0 Å². The molecule has 0 aliphatic heterocycles. The summed E-state index contributed by atoms with van der Waals surface area (Å²) < 4.78 is 11.7. The summed E-state index contributed by atoms with van der Waals surface area (Å²) >= 11 is 0. The van der Waals surface area contributed by atoms with E-state index >= 15 is 0 Å². The Balaban J connectivity index is 1.38. The molecule has 32 heavy (non-hydrogen) atoms. The lowest BCUT2D eigenvalue weighted by molar-refractivity contribution is -0.112. The Morgan fingerprint density at radius 2 is 1.91 bits per heavy atom. The van der Waals surface area contributed by atoms with Crippen molar-refractivity contribution in [1.29, 1.82) is 0 Å². The van der Waals surface area contributed by atoms with E-state index in [1.165, 1.54) is 6.33 Å². The minimum absolute atomic E-state index is 0.0793. The number of benzene rings is 1. The van der Waals surface area contributed by atoms with Crippen LogP contribution in [-0.2, 0) is 16.1 Å². The van der Waals surface area contributed by atoms with Gasteiger partial charge in [0.05, 0.1) is 11.8 Å². The third-order valence-electron chi connectivity index (χ3n) is 6.59. The molecule has 1 heterocycles. The van der Waals surface area contributed by atoms with Crippen molar-refractivity contribution < 1.29 is 19.1 Å². The summed E-state index contributed by atoms with van der Waals surface area (Å²) in [4.78, 5) is 33.8. The Morgan fingerprint density at radius 3 is 2.66 bits per heavy atom. The summed E-state index contributed by atoms with van der Waals surface area (Å²) in [7, 11) is 1.81. The first-order chi connectivity index (χ1) is 15.6. The van der Waals surface area contributed by atoms with Crippen molar-refractivity contribution in [2.45, 2.75) is 70.1 Å². The molecule has 1 aromatic heterocycles. The van der Waals surface area contributed by atoms with Crippen LogP contribution in [0.2, 0.25) is 0 Å². The number of carbonyl (C=O) groups excluding carboxylic acids is 2. The van der Waals surface area contributed by atoms with E-state index in [0.29, 0.717) is 0 Å². The van der Waals surface area contributed by atoms with Gasteiger partial charge in [-0.1, -0.05) is 12.8 Å². The van der Waals surface area contributed by atoms with Crippen LogP contribution in [0.1, 0.15) is 56.9 Å². The van der Waals surface area contributed by atoms with Crippen molar-refractivity contribution in [2.24, 2.45) is 5.92 Å². The fourth-order valence-electron chi connectivity index (χ4n) is 4.70. The summed E-state index contributed by atoms with van der Waals surface area (Å²) in [5.41, 5.74) is 2.40. The van der Waals surface area contributed by atoms with Gasteiger partial charge < -0.3 is 19.2 Å². The molecular formula is C25H31N3O4. The van der Waals surface area contributed by atoms with Gasteiger partial charge in [0, 0.05) is 36.3 Å². The molecule has 7 heteroatoms. The normalized spacial score (nSPS) is 21.2. The zero-order valence-electron chi connectivity index (χ0n) is 18.6. The molecule has 1 unspecified atom stereocenters. The van der Waals surface area contributed by atoms with Gasteiger partial charge >= 0.3 is 6.09 Å². The van der Waals surface area contributed by atoms with Gasteiger partial charge in [-0.3, -0.25) is 0 Å². The highest BCUT2D eigenvalue weighted by Gasteiger charge is 2.25. The standard InChI is InChI=1S/C25H31N3O4/c1-28(21-6-2-3-7-21)25(30)31-16-20-14-26-17-27-24(20)19-9-11-22(12-10-19)32-23-8-4-5-18(13-23)15-29/h9-12,14-15,17-18,21,23H,2-8,13,16H2,1H3/t18-,23?/m0/s1. The summed E-state index contributed by atoms with van der Waals surface area (Å²) in [5, 5.41) is 0. The summed E-state index contributed by atoms with van der Waals surface area (Å²) in [5.74, 6) is 0.887. The van der Waals surface area contributed by atoms with Crippen LogP contribution in [0.5, 0.6) is 5.75 Å². The summed E-state index contributed by atoms with van der Waals surface area (Å²) in [6, 6.07) is 8.02. The fourth-order valence-corrected chi connectivity index (χ4v) is 4.70. The number of hydrogen-bond acceptors (Lipinski definition) is 6. The van der Waals surface area contributed by atoms with E-state index in [0.717, 1.165) is 80.2 Å². The zero-order valence-corrected chi connectivity index (χ0v) is 18.6. The number of aldehydes is 1. The van der Waals surface area contributed by atoms with Gasteiger partial charge in [-0.25, -0.2) is 14.8 Å². The molecule has 2 aliphatic carbocycles. The summed E-state index contributed by atoms with van der Waals surface area (Å²) in [6.07, 6.45) is 12.1. The minimum atomic E-state index is -0.309. The topological polar surface area (TPSA) is 81.6 Å². The van der Waals surface area contributed by atoms with Gasteiger partial charge in [0.2, 0.25) is 0 Å². The van der Waals surface area contributed by atoms with Crippen molar-refractivity contribution in [3.63, 3.8) is 0 Å².